The summed E-state index contributed by atoms with van der Waals surface area (Å²) >= 11 is 0. The fourth-order valence-electron chi connectivity index (χ4n) is 2.46. The molecule has 0 heterocycles. The second kappa shape index (κ2) is 5.72. The van der Waals surface area contributed by atoms with Crippen LogP contribution in [0.3, 0.4) is 0 Å². The number of benzene rings is 1. The largest absolute Gasteiger partial charge is 0.491 e. The highest BCUT2D eigenvalue weighted by Gasteiger charge is 2.45. The van der Waals surface area contributed by atoms with Crippen LogP contribution in [0, 0.1) is 12.8 Å². The van der Waals surface area contributed by atoms with Gasteiger partial charge in [0.25, 0.3) is 0 Å². The number of ether oxygens (including phenoxy) is 1. The Morgan fingerprint density at radius 2 is 2.11 bits per heavy atom. The van der Waals surface area contributed by atoms with Crippen LogP contribution in [0.5, 0.6) is 5.75 Å². The molecule has 0 aromatic heterocycles. The zero-order valence-corrected chi connectivity index (χ0v) is 11.3. The lowest BCUT2D eigenvalue weighted by molar-refractivity contribution is 0.0861. The molecule has 0 radical (unpaired) electrons. The number of hydrogen-bond acceptors (Lipinski definition) is 3. The van der Waals surface area contributed by atoms with Crippen LogP contribution in [0.4, 0.5) is 0 Å². The monoisotopic (exact) mass is 249 g/mol. The summed E-state index contributed by atoms with van der Waals surface area (Å²) in [6.07, 6.45) is 2.37. The van der Waals surface area contributed by atoms with E-state index < -0.39 is 0 Å². The number of aliphatic hydroxyl groups excluding tert-OH is 1. The van der Waals surface area contributed by atoms with Crippen LogP contribution >= 0.6 is 0 Å². The molecule has 1 aliphatic carbocycles. The molecule has 1 aliphatic rings. The summed E-state index contributed by atoms with van der Waals surface area (Å²) in [5.74, 6) is 1.46. The summed E-state index contributed by atoms with van der Waals surface area (Å²) < 4.78 is 5.92. The number of hydrogen-bond donors (Lipinski definition) is 2. The van der Waals surface area contributed by atoms with Gasteiger partial charge < -0.3 is 15.2 Å². The van der Waals surface area contributed by atoms with Gasteiger partial charge in [-0.3, -0.25) is 0 Å². The fourth-order valence-corrected chi connectivity index (χ4v) is 2.46. The van der Waals surface area contributed by atoms with Crippen molar-refractivity contribution >= 4 is 0 Å². The molecule has 2 N–H and O–H groups in total. The van der Waals surface area contributed by atoms with Gasteiger partial charge in [0.1, 0.15) is 12.4 Å². The predicted octanol–water partition coefficient (Wildman–Crippen LogP) is 2.12. The minimum atomic E-state index is -0.267. The summed E-state index contributed by atoms with van der Waals surface area (Å²) in [6.45, 7) is 5.64. The van der Waals surface area contributed by atoms with E-state index in [4.69, 9.17) is 4.74 Å². The van der Waals surface area contributed by atoms with Gasteiger partial charge in [0, 0.05) is 0 Å². The molecule has 1 fully saturated rings. The summed E-state index contributed by atoms with van der Waals surface area (Å²) in [5, 5.41) is 13.1. The Kier molecular flexibility index (Phi) is 4.25. The van der Waals surface area contributed by atoms with Crippen LogP contribution < -0.4 is 10.1 Å². The van der Waals surface area contributed by atoms with E-state index in [1.54, 1.807) is 0 Å². The van der Waals surface area contributed by atoms with Gasteiger partial charge in [0.05, 0.1) is 12.1 Å². The zero-order chi connectivity index (χ0) is 13.0. The molecule has 1 aromatic carbocycles. The number of likely N-dealkylation sites (N-methyl/N-ethyl adjacent to an activating group) is 1. The Labute approximate surface area is 109 Å². The Balaban J connectivity index is 2.03. The maximum Gasteiger partial charge on any atom is 0.122 e. The van der Waals surface area contributed by atoms with E-state index in [0.29, 0.717) is 12.5 Å². The molecule has 0 spiro atoms. The number of nitrogens with one attached hydrogen (secondary N) is 1. The van der Waals surface area contributed by atoms with Crippen LogP contribution in [0.25, 0.3) is 0 Å². The van der Waals surface area contributed by atoms with Gasteiger partial charge in [-0.05, 0) is 43.9 Å². The van der Waals surface area contributed by atoms with E-state index in [0.717, 1.165) is 17.9 Å². The molecule has 0 amide bonds. The third-order valence-corrected chi connectivity index (χ3v) is 3.75. The van der Waals surface area contributed by atoms with E-state index in [1.807, 2.05) is 31.2 Å². The van der Waals surface area contributed by atoms with Crippen LogP contribution in [-0.4, -0.2) is 30.4 Å². The molecule has 1 aromatic rings. The van der Waals surface area contributed by atoms with Crippen molar-refractivity contribution in [3.63, 3.8) is 0 Å². The van der Waals surface area contributed by atoms with Crippen molar-refractivity contribution in [3.8, 4) is 5.75 Å². The Morgan fingerprint density at radius 3 is 2.67 bits per heavy atom. The van der Waals surface area contributed by atoms with Gasteiger partial charge >= 0.3 is 0 Å². The zero-order valence-electron chi connectivity index (χ0n) is 11.3. The fraction of sp³-hybridized carbons (Fsp3) is 0.600. The Hall–Kier alpha value is -1.06. The normalized spacial score (nSPS) is 18.4. The number of para-hydroxylation sites is 1. The van der Waals surface area contributed by atoms with Crippen LogP contribution in [0.15, 0.2) is 24.3 Å². The lowest BCUT2D eigenvalue weighted by atomic mass is 9.95. The molecule has 0 bridgehead atoms. The number of rotatable bonds is 7. The maximum absolute atomic E-state index is 9.72. The van der Waals surface area contributed by atoms with Crippen molar-refractivity contribution in [2.45, 2.75) is 32.2 Å². The minimum Gasteiger partial charge on any atom is -0.491 e. The third kappa shape index (κ3) is 2.85. The van der Waals surface area contributed by atoms with Gasteiger partial charge in [-0.1, -0.05) is 25.1 Å². The summed E-state index contributed by atoms with van der Waals surface area (Å²) in [5.41, 5.74) is 0.869. The molecule has 100 valence electrons. The molecule has 2 rings (SSSR count). The average Bonchev–Trinajstić information content (AvgIpc) is 3.21. The SMILES string of the molecule is CCNC(CO)(COc1ccccc1C)C1CC1. The molecule has 3 nitrogen and oxygen atoms in total. The summed E-state index contributed by atoms with van der Waals surface area (Å²) in [4.78, 5) is 0. The molecule has 1 unspecified atom stereocenters. The Morgan fingerprint density at radius 1 is 1.39 bits per heavy atom. The van der Waals surface area contributed by atoms with E-state index in [9.17, 15) is 5.11 Å². The first-order chi connectivity index (χ1) is 8.72. The first-order valence-electron chi connectivity index (χ1n) is 6.76. The van der Waals surface area contributed by atoms with Crippen molar-refractivity contribution in [3.05, 3.63) is 29.8 Å². The lowest BCUT2D eigenvalue weighted by Gasteiger charge is -2.33. The van der Waals surface area contributed by atoms with Crippen molar-refractivity contribution in [2.24, 2.45) is 5.92 Å². The molecular formula is C15H23NO2. The predicted molar refractivity (Wildman–Crippen MR) is 72.9 cm³/mol. The van der Waals surface area contributed by atoms with Crippen LogP contribution in [0.1, 0.15) is 25.3 Å². The second-order valence-corrected chi connectivity index (χ2v) is 5.17. The smallest absolute Gasteiger partial charge is 0.122 e. The second-order valence-electron chi connectivity index (χ2n) is 5.17. The van der Waals surface area contributed by atoms with Crippen LogP contribution in [-0.2, 0) is 0 Å². The van der Waals surface area contributed by atoms with E-state index in [1.165, 1.54) is 12.8 Å². The topological polar surface area (TPSA) is 41.5 Å². The highest BCUT2D eigenvalue weighted by molar-refractivity contribution is 5.31. The highest BCUT2D eigenvalue weighted by atomic mass is 16.5. The maximum atomic E-state index is 9.72. The van der Waals surface area contributed by atoms with Crippen molar-refractivity contribution < 1.29 is 9.84 Å². The van der Waals surface area contributed by atoms with Crippen LogP contribution in [0.2, 0.25) is 0 Å². The standard InChI is InChI=1S/C15H23NO2/c1-3-16-15(10-17,13-8-9-13)11-18-14-7-5-4-6-12(14)2/h4-7,13,16-17H,3,8-11H2,1-2H3. The Bertz CT molecular complexity index is 390. The van der Waals surface area contributed by atoms with Gasteiger partial charge in [-0.15, -0.1) is 0 Å². The quantitative estimate of drug-likeness (QED) is 0.778. The van der Waals surface area contributed by atoms with Gasteiger partial charge in [0.2, 0.25) is 0 Å². The molecule has 1 saturated carbocycles. The molecule has 0 aliphatic heterocycles. The van der Waals surface area contributed by atoms with Crippen molar-refractivity contribution in [1.82, 2.24) is 5.32 Å². The first kappa shape index (κ1) is 13.4. The molecule has 18 heavy (non-hydrogen) atoms. The molecule has 1 atom stereocenters. The van der Waals surface area contributed by atoms with Crippen molar-refractivity contribution in [2.75, 3.05) is 19.8 Å². The highest BCUT2D eigenvalue weighted by Crippen LogP contribution is 2.40. The van der Waals surface area contributed by atoms with Gasteiger partial charge in [-0.2, -0.15) is 0 Å². The minimum absolute atomic E-state index is 0.136. The van der Waals surface area contributed by atoms with Gasteiger partial charge in [-0.25, -0.2) is 0 Å². The summed E-state index contributed by atoms with van der Waals surface area (Å²) in [7, 11) is 0. The number of aliphatic hydroxyl groups is 1. The molecule has 3 heteroatoms. The van der Waals surface area contributed by atoms with Crippen molar-refractivity contribution in [1.29, 1.82) is 0 Å². The number of aryl methyl sites for hydroxylation is 1. The van der Waals surface area contributed by atoms with Gasteiger partial charge in [0.15, 0.2) is 0 Å². The van der Waals surface area contributed by atoms with E-state index in [-0.39, 0.29) is 12.1 Å². The van der Waals surface area contributed by atoms with E-state index in [2.05, 4.69) is 12.2 Å². The first-order valence-corrected chi connectivity index (χ1v) is 6.76. The lowest BCUT2D eigenvalue weighted by Crippen LogP contribution is -2.55. The third-order valence-electron chi connectivity index (χ3n) is 3.75. The summed E-state index contributed by atoms with van der Waals surface area (Å²) in [6, 6.07) is 8.01. The molecule has 0 saturated heterocycles. The molecular weight excluding hydrogens is 226 g/mol. The average molecular weight is 249 g/mol. The van der Waals surface area contributed by atoms with E-state index >= 15 is 0 Å².